The molecule has 1 aromatic rings. The predicted octanol–water partition coefficient (Wildman–Crippen LogP) is 4.43. The summed E-state index contributed by atoms with van der Waals surface area (Å²) in [7, 11) is -1.82. The molecule has 25 heavy (non-hydrogen) atoms. The number of benzene rings is 1. The van der Waals surface area contributed by atoms with Gasteiger partial charge in [0.05, 0.1) is 12.7 Å². The van der Waals surface area contributed by atoms with Crippen LogP contribution in [0.1, 0.15) is 39.0 Å². The zero-order valence-electron chi connectivity index (χ0n) is 16.1. The van der Waals surface area contributed by atoms with Crippen molar-refractivity contribution < 1.29 is 19.0 Å². The smallest absolute Gasteiger partial charge is 0.191 e. The number of rotatable bonds is 6. The molecule has 1 aliphatic heterocycles. The van der Waals surface area contributed by atoms with Gasteiger partial charge in [0.2, 0.25) is 0 Å². The lowest BCUT2D eigenvalue weighted by atomic mass is 9.94. The first-order valence-corrected chi connectivity index (χ1v) is 11.8. The largest absolute Gasteiger partial charge is 0.417 e. The van der Waals surface area contributed by atoms with Gasteiger partial charge >= 0.3 is 0 Å². The summed E-state index contributed by atoms with van der Waals surface area (Å²) in [5, 5.41) is 10.9. The van der Waals surface area contributed by atoms with Crippen molar-refractivity contribution in [1.82, 2.24) is 0 Å². The molecule has 0 saturated carbocycles. The maximum Gasteiger partial charge on any atom is 0.191 e. The predicted molar refractivity (Wildman–Crippen MR) is 103 cm³/mol. The fourth-order valence-electron chi connectivity index (χ4n) is 2.54. The Morgan fingerprint density at radius 3 is 2.52 bits per heavy atom. The van der Waals surface area contributed by atoms with E-state index in [1.54, 1.807) is 0 Å². The van der Waals surface area contributed by atoms with Gasteiger partial charge < -0.3 is 19.0 Å². The molecule has 0 bridgehead atoms. The van der Waals surface area contributed by atoms with Crippen LogP contribution in [0.5, 0.6) is 0 Å². The van der Waals surface area contributed by atoms with E-state index in [0.717, 1.165) is 5.56 Å². The molecule has 1 saturated heterocycles. The highest BCUT2D eigenvalue weighted by atomic mass is 28.4. The molecule has 4 nitrogen and oxygen atoms in total. The summed E-state index contributed by atoms with van der Waals surface area (Å²) in [4.78, 5) is 0. The van der Waals surface area contributed by atoms with Crippen molar-refractivity contribution in [3.8, 4) is 0 Å². The molecule has 0 spiro atoms. The third kappa shape index (κ3) is 4.80. The van der Waals surface area contributed by atoms with Crippen molar-refractivity contribution in [2.24, 2.45) is 0 Å². The first-order valence-electron chi connectivity index (χ1n) is 8.91. The molecule has 140 valence electrons. The zero-order chi connectivity index (χ0) is 18.7. The van der Waals surface area contributed by atoms with Crippen molar-refractivity contribution in [3.63, 3.8) is 0 Å². The first kappa shape index (κ1) is 20.3. The highest BCUT2D eigenvalue weighted by Gasteiger charge is 2.43. The average molecular weight is 365 g/mol. The van der Waals surface area contributed by atoms with E-state index in [0.29, 0.717) is 13.0 Å². The molecule has 0 radical (unpaired) electrons. The van der Waals surface area contributed by atoms with Crippen LogP contribution in [-0.2, 0) is 13.9 Å². The molecule has 0 amide bonds. The Hall–Kier alpha value is -0.983. The maximum atomic E-state index is 10.8. The van der Waals surface area contributed by atoms with Gasteiger partial charge in [0.25, 0.3) is 0 Å². The van der Waals surface area contributed by atoms with Gasteiger partial charge in [-0.3, -0.25) is 0 Å². The Morgan fingerprint density at radius 1 is 1.32 bits per heavy atom. The van der Waals surface area contributed by atoms with Crippen LogP contribution < -0.4 is 0 Å². The van der Waals surface area contributed by atoms with Gasteiger partial charge in [0.1, 0.15) is 5.60 Å². The van der Waals surface area contributed by atoms with Gasteiger partial charge in [0.15, 0.2) is 14.6 Å². The van der Waals surface area contributed by atoms with E-state index in [9.17, 15) is 5.11 Å². The molecule has 1 aromatic carbocycles. The van der Waals surface area contributed by atoms with Crippen LogP contribution in [0.15, 0.2) is 43.0 Å². The van der Waals surface area contributed by atoms with Crippen molar-refractivity contribution in [3.05, 3.63) is 48.6 Å². The van der Waals surface area contributed by atoms with Crippen LogP contribution in [-0.4, -0.2) is 38.3 Å². The number of aliphatic hydroxyl groups is 1. The van der Waals surface area contributed by atoms with E-state index >= 15 is 0 Å². The monoisotopic (exact) mass is 364 g/mol. The molecule has 1 aliphatic rings. The standard InChI is InChI=1S/C20H32O4Si/c1-7-20(21)15-22-18(16-11-9-8-10-12-16)24-17(20)13-14-23-25(5,6)19(2,3)4/h7-12,17-18,21H,1,13-15H2,2-6H3/t17-,18+,20+/m0/s1. The Labute approximate surface area is 152 Å². The Kier molecular flexibility index (Phi) is 6.28. The summed E-state index contributed by atoms with van der Waals surface area (Å²) in [6.45, 7) is 15.6. The highest BCUT2D eigenvalue weighted by molar-refractivity contribution is 6.74. The number of hydrogen-bond acceptors (Lipinski definition) is 4. The minimum Gasteiger partial charge on any atom is -0.417 e. The second-order valence-electron chi connectivity index (χ2n) is 8.27. The highest BCUT2D eigenvalue weighted by Crippen LogP contribution is 2.38. The van der Waals surface area contributed by atoms with Crippen molar-refractivity contribution in [1.29, 1.82) is 0 Å². The third-order valence-electron chi connectivity index (χ3n) is 5.39. The maximum absolute atomic E-state index is 10.8. The Bertz CT molecular complexity index is 567. The first-order chi connectivity index (χ1) is 11.6. The molecule has 5 heteroatoms. The quantitative estimate of drug-likeness (QED) is 0.599. The lowest BCUT2D eigenvalue weighted by Gasteiger charge is -2.42. The molecule has 0 aliphatic carbocycles. The second-order valence-corrected chi connectivity index (χ2v) is 13.1. The van der Waals surface area contributed by atoms with Gasteiger partial charge in [-0.15, -0.1) is 6.58 Å². The summed E-state index contributed by atoms with van der Waals surface area (Å²) in [6.07, 6.45) is 1.24. The van der Waals surface area contributed by atoms with Crippen molar-refractivity contribution in [2.75, 3.05) is 13.2 Å². The van der Waals surface area contributed by atoms with E-state index in [1.807, 2.05) is 30.3 Å². The molecular formula is C20H32O4Si. The van der Waals surface area contributed by atoms with E-state index in [-0.39, 0.29) is 11.6 Å². The topological polar surface area (TPSA) is 47.9 Å². The molecule has 1 heterocycles. The minimum absolute atomic E-state index is 0.158. The van der Waals surface area contributed by atoms with Gasteiger partial charge in [-0.05, 0) is 24.6 Å². The second kappa shape index (κ2) is 7.72. The van der Waals surface area contributed by atoms with Gasteiger partial charge in [-0.25, -0.2) is 0 Å². The van der Waals surface area contributed by atoms with Gasteiger partial charge in [-0.1, -0.05) is 57.2 Å². The molecule has 1 fully saturated rings. The lowest BCUT2D eigenvalue weighted by Crippen LogP contribution is -2.52. The third-order valence-corrected chi connectivity index (χ3v) is 9.92. The zero-order valence-corrected chi connectivity index (χ0v) is 17.1. The van der Waals surface area contributed by atoms with Crippen LogP contribution in [0.25, 0.3) is 0 Å². The summed E-state index contributed by atoms with van der Waals surface area (Å²) in [5.74, 6) is 0. The van der Waals surface area contributed by atoms with E-state index in [1.165, 1.54) is 6.08 Å². The van der Waals surface area contributed by atoms with E-state index in [4.69, 9.17) is 13.9 Å². The number of ether oxygens (including phenoxy) is 2. The molecular weight excluding hydrogens is 332 g/mol. The summed E-state index contributed by atoms with van der Waals surface area (Å²) >= 11 is 0. The van der Waals surface area contributed by atoms with Crippen molar-refractivity contribution >= 4 is 8.32 Å². The van der Waals surface area contributed by atoms with Crippen molar-refractivity contribution in [2.45, 2.75) is 63.3 Å². The fraction of sp³-hybridized carbons (Fsp3) is 0.600. The van der Waals surface area contributed by atoms with Crippen LogP contribution in [0, 0.1) is 0 Å². The number of hydrogen-bond donors (Lipinski definition) is 1. The molecule has 2 rings (SSSR count). The van der Waals surface area contributed by atoms with E-state index in [2.05, 4.69) is 40.4 Å². The summed E-state index contributed by atoms with van der Waals surface area (Å²) in [6, 6.07) is 9.78. The van der Waals surface area contributed by atoms with E-state index < -0.39 is 26.3 Å². The van der Waals surface area contributed by atoms with Crippen LogP contribution >= 0.6 is 0 Å². The Balaban J connectivity index is 2.03. The SMILES string of the molecule is C=C[C@@]1(O)CO[C@@H](c2ccccc2)O[C@H]1CCO[Si](C)(C)C(C)(C)C. The van der Waals surface area contributed by atoms with Crippen LogP contribution in [0.4, 0.5) is 0 Å². The molecule has 0 unspecified atom stereocenters. The summed E-state index contributed by atoms with van der Waals surface area (Å²) < 4.78 is 18.0. The van der Waals surface area contributed by atoms with Crippen LogP contribution in [0.3, 0.4) is 0 Å². The normalized spacial score (nSPS) is 27.9. The Morgan fingerprint density at radius 2 is 1.96 bits per heavy atom. The van der Waals surface area contributed by atoms with Gasteiger partial charge in [-0.2, -0.15) is 0 Å². The lowest BCUT2D eigenvalue weighted by molar-refractivity contribution is -0.281. The average Bonchev–Trinajstić information content (AvgIpc) is 2.56. The minimum atomic E-state index is -1.82. The molecule has 0 aromatic heterocycles. The molecule has 1 N–H and O–H groups in total. The van der Waals surface area contributed by atoms with Crippen LogP contribution in [0.2, 0.25) is 18.1 Å². The summed E-state index contributed by atoms with van der Waals surface area (Å²) in [5.41, 5.74) is -0.244. The molecule has 3 atom stereocenters. The fourth-order valence-corrected chi connectivity index (χ4v) is 3.60. The van der Waals surface area contributed by atoms with Gasteiger partial charge in [0, 0.05) is 12.2 Å².